The topological polar surface area (TPSA) is 33.5 Å². The molecule has 1 heterocycles. The Bertz CT molecular complexity index is 522. The molecule has 0 aliphatic heterocycles. The molecule has 1 amide bonds. The van der Waals surface area contributed by atoms with Crippen LogP contribution in [0.15, 0.2) is 51.6 Å². The Morgan fingerprint density at radius 1 is 1.33 bits per heavy atom. The Kier molecular flexibility index (Phi) is 4.20. The molecule has 18 heavy (non-hydrogen) atoms. The van der Waals surface area contributed by atoms with Crippen LogP contribution >= 0.6 is 15.9 Å². The van der Waals surface area contributed by atoms with Gasteiger partial charge in [0.1, 0.15) is 5.76 Å². The molecule has 0 radical (unpaired) electrons. The van der Waals surface area contributed by atoms with E-state index in [0.29, 0.717) is 12.1 Å². The van der Waals surface area contributed by atoms with Gasteiger partial charge in [-0.2, -0.15) is 0 Å². The molecule has 2 rings (SSSR count). The Morgan fingerprint density at radius 3 is 2.83 bits per heavy atom. The summed E-state index contributed by atoms with van der Waals surface area (Å²) in [5.74, 6) is 0.909. The summed E-state index contributed by atoms with van der Waals surface area (Å²) in [6.07, 6.45) is 2.37. The van der Waals surface area contributed by atoms with Gasteiger partial charge in [-0.25, -0.2) is 0 Å². The number of nitrogens with zero attached hydrogens (tertiary/aromatic N) is 1. The summed E-state index contributed by atoms with van der Waals surface area (Å²) in [6.45, 7) is 0.638. The van der Waals surface area contributed by atoms with Crippen molar-refractivity contribution in [3.8, 4) is 0 Å². The van der Waals surface area contributed by atoms with E-state index in [9.17, 15) is 4.79 Å². The van der Waals surface area contributed by atoms with Gasteiger partial charge in [0, 0.05) is 30.0 Å². The molecule has 0 aliphatic carbocycles. The van der Waals surface area contributed by atoms with Gasteiger partial charge in [-0.05, 0) is 30.3 Å². The molecule has 0 unspecified atom stereocenters. The number of rotatable bonds is 4. The molecule has 0 bridgehead atoms. The fourth-order valence-corrected chi connectivity index (χ4v) is 2.08. The van der Waals surface area contributed by atoms with E-state index >= 15 is 0 Å². The monoisotopic (exact) mass is 307 g/mol. The molecule has 0 fully saturated rings. The first kappa shape index (κ1) is 12.9. The first-order chi connectivity index (χ1) is 8.66. The van der Waals surface area contributed by atoms with E-state index in [-0.39, 0.29) is 5.91 Å². The van der Waals surface area contributed by atoms with Crippen LogP contribution in [0.3, 0.4) is 0 Å². The lowest BCUT2D eigenvalue weighted by Crippen LogP contribution is -2.28. The third-order valence-corrected chi connectivity index (χ3v) is 3.19. The maximum atomic E-state index is 12.1. The summed E-state index contributed by atoms with van der Waals surface area (Å²) in [5.41, 5.74) is 0.686. The van der Waals surface area contributed by atoms with Gasteiger partial charge in [0.05, 0.1) is 6.26 Å². The van der Waals surface area contributed by atoms with Crippen molar-refractivity contribution in [3.63, 3.8) is 0 Å². The molecule has 0 aliphatic rings. The number of halogens is 1. The Morgan fingerprint density at radius 2 is 2.17 bits per heavy atom. The predicted octanol–water partition coefficient (Wildman–Crippen LogP) is 3.36. The van der Waals surface area contributed by atoms with Crippen LogP contribution in [0, 0.1) is 0 Å². The lowest BCUT2D eigenvalue weighted by atomic mass is 10.2. The number of furan rings is 1. The van der Waals surface area contributed by atoms with E-state index in [0.717, 1.165) is 16.7 Å². The maximum Gasteiger partial charge on any atom is 0.253 e. The average Bonchev–Trinajstić information content (AvgIpc) is 2.88. The molecule has 0 spiro atoms. The lowest BCUT2D eigenvalue weighted by molar-refractivity contribution is 0.0795. The zero-order valence-corrected chi connectivity index (χ0v) is 11.7. The molecule has 4 heteroatoms. The summed E-state index contributed by atoms with van der Waals surface area (Å²) in [4.78, 5) is 13.8. The molecular weight excluding hydrogens is 294 g/mol. The summed E-state index contributed by atoms with van der Waals surface area (Å²) in [5, 5.41) is 0. The van der Waals surface area contributed by atoms with Gasteiger partial charge in [0.2, 0.25) is 0 Å². The smallest absolute Gasteiger partial charge is 0.253 e. The van der Waals surface area contributed by atoms with E-state index in [2.05, 4.69) is 15.9 Å². The highest BCUT2D eigenvalue weighted by Gasteiger charge is 2.12. The number of hydrogen-bond acceptors (Lipinski definition) is 2. The normalized spacial score (nSPS) is 10.3. The lowest BCUT2D eigenvalue weighted by Gasteiger charge is -2.16. The van der Waals surface area contributed by atoms with Gasteiger partial charge >= 0.3 is 0 Å². The summed E-state index contributed by atoms with van der Waals surface area (Å²) in [6, 6.07) is 11.2. The molecule has 0 saturated carbocycles. The number of carbonyl (C=O) groups is 1. The predicted molar refractivity (Wildman–Crippen MR) is 73.5 cm³/mol. The van der Waals surface area contributed by atoms with Crippen LogP contribution in [0.1, 0.15) is 16.1 Å². The number of benzene rings is 1. The van der Waals surface area contributed by atoms with Gasteiger partial charge in [0.25, 0.3) is 5.91 Å². The highest BCUT2D eigenvalue weighted by molar-refractivity contribution is 9.10. The Balaban J connectivity index is 1.96. The maximum absolute atomic E-state index is 12.1. The summed E-state index contributed by atoms with van der Waals surface area (Å²) < 4.78 is 6.15. The van der Waals surface area contributed by atoms with Crippen molar-refractivity contribution >= 4 is 21.8 Å². The second kappa shape index (κ2) is 5.87. The first-order valence-electron chi connectivity index (χ1n) is 5.70. The third-order valence-electron chi connectivity index (χ3n) is 2.69. The molecule has 0 N–H and O–H groups in total. The first-order valence-corrected chi connectivity index (χ1v) is 6.49. The highest BCUT2D eigenvalue weighted by Crippen LogP contribution is 2.13. The van der Waals surface area contributed by atoms with Crippen molar-refractivity contribution in [1.82, 2.24) is 4.90 Å². The van der Waals surface area contributed by atoms with Gasteiger partial charge < -0.3 is 9.32 Å². The Labute approximate surface area is 115 Å². The largest absolute Gasteiger partial charge is 0.469 e. The van der Waals surface area contributed by atoms with E-state index < -0.39 is 0 Å². The molecule has 1 aromatic carbocycles. The highest BCUT2D eigenvalue weighted by atomic mass is 79.9. The zero-order chi connectivity index (χ0) is 13.0. The Hall–Kier alpha value is -1.55. The van der Waals surface area contributed by atoms with Crippen LogP contribution in [-0.2, 0) is 6.42 Å². The molecule has 94 valence electrons. The fourth-order valence-electron chi connectivity index (χ4n) is 1.68. The number of carbonyl (C=O) groups excluding carboxylic acids is 1. The molecule has 3 nitrogen and oxygen atoms in total. The van der Waals surface area contributed by atoms with Gasteiger partial charge in [-0.3, -0.25) is 4.79 Å². The van der Waals surface area contributed by atoms with Gasteiger partial charge in [-0.1, -0.05) is 22.0 Å². The molecular formula is C14H14BrNO2. The number of amides is 1. The molecule has 0 saturated heterocycles. The van der Waals surface area contributed by atoms with Crippen molar-refractivity contribution in [2.75, 3.05) is 13.6 Å². The summed E-state index contributed by atoms with van der Waals surface area (Å²) >= 11 is 3.36. The zero-order valence-electron chi connectivity index (χ0n) is 10.1. The van der Waals surface area contributed by atoms with E-state index in [1.807, 2.05) is 36.4 Å². The van der Waals surface area contributed by atoms with Crippen LogP contribution in [0.4, 0.5) is 0 Å². The SMILES string of the molecule is CN(CCc1ccco1)C(=O)c1cccc(Br)c1. The molecule has 1 aromatic heterocycles. The van der Waals surface area contributed by atoms with Crippen molar-refractivity contribution < 1.29 is 9.21 Å². The summed E-state index contributed by atoms with van der Waals surface area (Å²) in [7, 11) is 1.80. The average molecular weight is 308 g/mol. The molecule has 2 aromatic rings. The number of likely N-dealkylation sites (N-methyl/N-ethyl adjacent to an activating group) is 1. The van der Waals surface area contributed by atoms with E-state index in [4.69, 9.17) is 4.42 Å². The van der Waals surface area contributed by atoms with Crippen LogP contribution in [0.25, 0.3) is 0 Å². The third kappa shape index (κ3) is 3.23. The standard InChI is InChI=1S/C14H14BrNO2/c1-16(8-7-13-6-3-9-18-13)14(17)11-4-2-5-12(15)10-11/h2-6,9-10H,7-8H2,1H3. The minimum absolute atomic E-state index is 0.0165. The minimum atomic E-state index is 0.0165. The number of hydrogen-bond donors (Lipinski definition) is 0. The van der Waals surface area contributed by atoms with Gasteiger partial charge in [-0.15, -0.1) is 0 Å². The minimum Gasteiger partial charge on any atom is -0.469 e. The second-order valence-electron chi connectivity index (χ2n) is 4.07. The molecule has 0 atom stereocenters. The van der Waals surface area contributed by atoms with E-state index in [1.54, 1.807) is 18.2 Å². The quantitative estimate of drug-likeness (QED) is 0.868. The fraction of sp³-hybridized carbons (Fsp3) is 0.214. The van der Waals surface area contributed by atoms with E-state index in [1.165, 1.54) is 0 Å². The van der Waals surface area contributed by atoms with Crippen molar-refractivity contribution in [2.45, 2.75) is 6.42 Å². The van der Waals surface area contributed by atoms with Crippen molar-refractivity contribution in [3.05, 3.63) is 58.5 Å². The van der Waals surface area contributed by atoms with Crippen LogP contribution in [0.2, 0.25) is 0 Å². The van der Waals surface area contributed by atoms with Crippen molar-refractivity contribution in [2.24, 2.45) is 0 Å². The second-order valence-corrected chi connectivity index (χ2v) is 4.98. The van der Waals surface area contributed by atoms with Gasteiger partial charge in [0.15, 0.2) is 0 Å². The van der Waals surface area contributed by atoms with Crippen LogP contribution < -0.4 is 0 Å². The van der Waals surface area contributed by atoms with Crippen LogP contribution in [0.5, 0.6) is 0 Å². The van der Waals surface area contributed by atoms with Crippen molar-refractivity contribution in [1.29, 1.82) is 0 Å². The van der Waals surface area contributed by atoms with Crippen LogP contribution in [-0.4, -0.2) is 24.4 Å².